The van der Waals surface area contributed by atoms with Crippen molar-refractivity contribution in [3.8, 4) is 5.69 Å². The van der Waals surface area contributed by atoms with E-state index >= 15 is 0 Å². The first kappa shape index (κ1) is 24.3. The second-order valence-electron chi connectivity index (χ2n) is 6.94. The fourth-order valence-electron chi connectivity index (χ4n) is 3.15. The maximum absolute atomic E-state index is 10.8. The van der Waals surface area contributed by atoms with Crippen LogP contribution in [-0.4, -0.2) is 27.2 Å². The zero-order chi connectivity index (χ0) is 21.5. The van der Waals surface area contributed by atoms with Gasteiger partial charge >= 0.3 is 0 Å². The van der Waals surface area contributed by atoms with Gasteiger partial charge < -0.3 is 10.6 Å². The third kappa shape index (κ3) is 6.51. The van der Waals surface area contributed by atoms with E-state index in [1.807, 2.05) is 37.6 Å². The summed E-state index contributed by atoms with van der Waals surface area (Å²) < 4.78 is 1.95. The second-order valence-corrected chi connectivity index (χ2v) is 6.94. The number of guanidine groups is 1. The van der Waals surface area contributed by atoms with Crippen LogP contribution in [0.3, 0.4) is 0 Å². The summed E-state index contributed by atoms with van der Waals surface area (Å²) in [5.74, 6) is 0.680. The lowest BCUT2D eigenvalue weighted by molar-refractivity contribution is -0.384. The highest BCUT2D eigenvalue weighted by atomic mass is 127. The molecule has 9 heteroatoms. The molecule has 0 radical (unpaired) electrons. The first-order chi connectivity index (χ1) is 14.5. The summed E-state index contributed by atoms with van der Waals surface area (Å²) in [5.41, 5.74) is 5.17. The number of non-ortho nitro benzene ring substituents is 1. The molecule has 8 nitrogen and oxygen atoms in total. The van der Waals surface area contributed by atoms with Crippen LogP contribution in [0.25, 0.3) is 5.69 Å². The van der Waals surface area contributed by atoms with Crippen molar-refractivity contribution in [1.29, 1.82) is 0 Å². The Labute approximate surface area is 198 Å². The highest BCUT2D eigenvalue weighted by Gasteiger charge is 2.09. The van der Waals surface area contributed by atoms with Gasteiger partial charge in [0.25, 0.3) is 5.69 Å². The van der Waals surface area contributed by atoms with Gasteiger partial charge in [0.2, 0.25) is 0 Å². The molecule has 0 fully saturated rings. The van der Waals surface area contributed by atoms with Crippen molar-refractivity contribution in [2.24, 2.45) is 4.99 Å². The number of rotatable bonds is 7. The smallest absolute Gasteiger partial charge is 0.269 e. The number of nitrogens with one attached hydrogen (secondary N) is 2. The Morgan fingerprint density at radius 1 is 1.13 bits per heavy atom. The predicted molar refractivity (Wildman–Crippen MR) is 133 cm³/mol. The molecule has 164 valence electrons. The van der Waals surface area contributed by atoms with Gasteiger partial charge in [-0.2, -0.15) is 5.10 Å². The van der Waals surface area contributed by atoms with E-state index in [1.165, 1.54) is 12.1 Å². The largest absolute Gasteiger partial charge is 0.357 e. The van der Waals surface area contributed by atoms with Crippen LogP contribution in [0.4, 0.5) is 5.69 Å². The van der Waals surface area contributed by atoms with E-state index in [2.05, 4.69) is 38.9 Å². The van der Waals surface area contributed by atoms with Gasteiger partial charge in [0.05, 0.1) is 22.8 Å². The van der Waals surface area contributed by atoms with Crippen LogP contribution in [-0.2, 0) is 13.1 Å². The molecule has 0 saturated heterocycles. The van der Waals surface area contributed by atoms with E-state index in [4.69, 9.17) is 0 Å². The standard InChI is InChI=1S/C22H26N6O2.HI/c1-4-23-22(24-14-18-9-11-20(12-10-18)28(29)30)25-15-19-7-5-6-8-21(19)27-17(3)13-16(2)26-27;/h5-13H,4,14-15H2,1-3H3,(H2,23,24,25);1H. The molecule has 2 N–H and O–H groups in total. The van der Waals surface area contributed by atoms with E-state index in [0.717, 1.165) is 34.7 Å². The summed E-state index contributed by atoms with van der Waals surface area (Å²) in [6.45, 7) is 7.77. The molecule has 0 aliphatic heterocycles. The number of aromatic nitrogens is 2. The zero-order valence-electron chi connectivity index (χ0n) is 17.8. The van der Waals surface area contributed by atoms with Gasteiger partial charge in [-0.15, -0.1) is 24.0 Å². The van der Waals surface area contributed by atoms with Crippen LogP contribution in [0.15, 0.2) is 59.6 Å². The summed E-state index contributed by atoms with van der Waals surface area (Å²) >= 11 is 0. The SMILES string of the molecule is CCNC(=NCc1ccc([N+](=O)[O-])cc1)NCc1ccccc1-n1nc(C)cc1C.I. The number of nitro groups is 1. The highest BCUT2D eigenvalue weighted by molar-refractivity contribution is 14.0. The molecule has 0 bridgehead atoms. The van der Waals surface area contributed by atoms with Crippen LogP contribution in [0.2, 0.25) is 0 Å². The van der Waals surface area contributed by atoms with Crippen molar-refractivity contribution in [3.63, 3.8) is 0 Å². The van der Waals surface area contributed by atoms with Crippen molar-refractivity contribution in [2.45, 2.75) is 33.9 Å². The number of nitro benzene ring substituents is 1. The summed E-state index contributed by atoms with van der Waals surface area (Å²) in [4.78, 5) is 15.0. The average molecular weight is 534 g/mol. The van der Waals surface area contributed by atoms with Gasteiger partial charge in [-0.25, -0.2) is 9.67 Å². The van der Waals surface area contributed by atoms with Gasteiger partial charge in [0, 0.05) is 30.9 Å². The summed E-state index contributed by atoms with van der Waals surface area (Å²) in [6, 6.07) is 16.6. The number of para-hydroxylation sites is 1. The van der Waals surface area contributed by atoms with Crippen LogP contribution in [0, 0.1) is 24.0 Å². The second kappa shape index (κ2) is 11.4. The number of aryl methyl sites for hydroxylation is 2. The molecular formula is C22H27IN6O2. The number of hydrogen-bond acceptors (Lipinski definition) is 4. The number of benzene rings is 2. The van der Waals surface area contributed by atoms with Crippen LogP contribution < -0.4 is 10.6 Å². The minimum atomic E-state index is -0.404. The van der Waals surface area contributed by atoms with Gasteiger partial charge in [-0.05, 0) is 44.0 Å². The first-order valence-corrected chi connectivity index (χ1v) is 9.85. The van der Waals surface area contributed by atoms with Crippen molar-refractivity contribution in [2.75, 3.05) is 6.54 Å². The molecule has 0 aliphatic carbocycles. The Balaban J connectivity index is 0.00000341. The maximum Gasteiger partial charge on any atom is 0.269 e. The summed E-state index contributed by atoms with van der Waals surface area (Å²) in [7, 11) is 0. The third-order valence-electron chi connectivity index (χ3n) is 4.59. The minimum absolute atomic E-state index is 0. The Morgan fingerprint density at radius 3 is 2.45 bits per heavy atom. The molecule has 2 aromatic carbocycles. The Morgan fingerprint density at radius 2 is 1.84 bits per heavy atom. The van der Waals surface area contributed by atoms with Gasteiger partial charge in [-0.3, -0.25) is 10.1 Å². The number of nitrogens with zero attached hydrogens (tertiary/aromatic N) is 4. The van der Waals surface area contributed by atoms with Gasteiger partial charge in [0.15, 0.2) is 5.96 Å². The number of aliphatic imine (C=N–C) groups is 1. The molecule has 3 rings (SSSR count). The van der Waals surface area contributed by atoms with E-state index < -0.39 is 4.92 Å². The van der Waals surface area contributed by atoms with Crippen molar-refractivity contribution in [1.82, 2.24) is 20.4 Å². The molecule has 0 saturated carbocycles. The van der Waals surface area contributed by atoms with E-state index in [0.29, 0.717) is 19.0 Å². The Bertz CT molecular complexity index is 1050. The van der Waals surface area contributed by atoms with Crippen LogP contribution >= 0.6 is 24.0 Å². The number of hydrogen-bond donors (Lipinski definition) is 2. The van der Waals surface area contributed by atoms with Crippen molar-refractivity contribution in [3.05, 3.63) is 87.2 Å². The molecule has 0 aliphatic rings. The van der Waals surface area contributed by atoms with E-state index in [-0.39, 0.29) is 29.7 Å². The monoisotopic (exact) mass is 534 g/mol. The molecule has 1 heterocycles. The lowest BCUT2D eigenvalue weighted by Gasteiger charge is -2.15. The Kier molecular flexibility index (Phi) is 8.98. The molecular weight excluding hydrogens is 507 g/mol. The van der Waals surface area contributed by atoms with Gasteiger partial charge in [-0.1, -0.05) is 30.3 Å². The summed E-state index contributed by atoms with van der Waals surface area (Å²) in [5, 5.41) is 22.0. The lowest BCUT2D eigenvalue weighted by Crippen LogP contribution is -2.37. The van der Waals surface area contributed by atoms with Crippen LogP contribution in [0.5, 0.6) is 0 Å². The molecule has 31 heavy (non-hydrogen) atoms. The van der Waals surface area contributed by atoms with Crippen molar-refractivity contribution >= 4 is 35.6 Å². The quantitative estimate of drug-likeness (QED) is 0.155. The number of halogens is 1. The van der Waals surface area contributed by atoms with E-state index in [1.54, 1.807) is 12.1 Å². The molecule has 0 unspecified atom stereocenters. The van der Waals surface area contributed by atoms with Crippen molar-refractivity contribution < 1.29 is 4.92 Å². The minimum Gasteiger partial charge on any atom is -0.357 e. The van der Waals surface area contributed by atoms with Gasteiger partial charge in [0.1, 0.15) is 0 Å². The lowest BCUT2D eigenvalue weighted by atomic mass is 10.1. The maximum atomic E-state index is 10.8. The highest BCUT2D eigenvalue weighted by Crippen LogP contribution is 2.17. The summed E-state index contributed by atoms with van der Waals surface area (Å²) in [6.07, 6.45) is 0. The first-order valence-electron chi connectivity index (χ1n) is 9.85. The topological polar surface area (TPSA) is 97.4 Å². The van der Waals surface area contributed by atoms with E-state index in [9.17, 15) is 10.1 Å². The zero-order valence-corrected chi connectivity index (χ0v) is 20.2. The molecule has 0 atom stereocenters. The average Bonchev–Trinajstić information content (AvgIpc) is 3.08. The Hall–Kier alpha value is -2.95. The fraction of sp³-hybridized carbons (Fsp3) is 0.273. The predicted octanol–water partition coefficient (Wildman–Crippen LogP) is 4.27. The third-order valence-corrected chi connectivity index (χ3v) is 4.59. The molecule has 3 aromatic rings. The fourth-order valence-corrected chi connectivity index (χ4v) is 3.15. The normalized spacial score (nSPS) is 11.0. The molecule has 0 amide bonds. The molecule has 0 spiro atoms. The molecule has 1 aromatic heterocycles. The van der Waals surface area contributed by atoms with Crippen LogP contribution in [0.1, 0.15) is 29.4 Å².